The van der Waals surface area contributed by atoms with Crippen molar-refractivity contribution in [1.29, 1.82) is 0 Å². The van der Waals surface area contributed by atoms with Crippen LogP contribution in [0.3, 0.4) is 0 Å². The molecule has 0 aromatic heterocycles. The van der Waals surface area contributed by atoms with E-state index in [-0.39, 0.29) is 35.3 Å². The van der Waals surface area contributed by atoms with E-state index in [2.05, 4.69) is 48.4 Å². The van der Waals surface area contributed by atoms with Crippen molar-refractivity contribution in [2.24, 2.45) is 10.9 Å². The van der Waals surface area contributed by atoms with Gasteiger partial charge in [0.25, 0.3) is 0 Å². The molecule has 0 atom stereocenters. The average Bonchev–Trinajstić information content (AvgIpc) is 2.71. The lowest BCUT2D eigenvalue weighted by Gasteiger charge is -2.34. The molecule has 1 fully saturated rings. The van der Waals surface area contributed by atoms with E-state index in [1.165, 1.54) is 5.56 Å². The van der Waals surface area contributed by atoms with E-state index >= 15 is 0 Å². The van der Waals surface area contributed by atoms with Crippen LogP contribution in [0.4, 0.5) is 0 Å². The summed E-state index contributed by atoms with van der Waals surface area (Å²) in [5, 5.41) is 6.17. The Kier molecular flexibility index (Phi) is 10.8. The van der Waals surface area contributed by atoms with E-state index in [0.29, 0.717) is 18.9 Å². The lowest BCUT2D eigenvalue weighted by Crippen LogP contribution is -2.46. The summed E-state index contributed by atoms with van der Waals surface area (Å²) >= 11 is 0. The Morgan fingerprint density at radius 2 is 2.00 bits per heavy atom. The summed E-state index contributed by atoms with van der Waals surface area (Å²) in [5.74, 6) is 2.45. The second-order valence-electron chi connectivity index (χ2n) is 8.09. The van der Waals surface area contributed by atoms with Crippen LogP contribution in [-0.2, 0) is 10.2 Å². The largest absolute Gasteiger partial charge is 0.497 e. The van der Waals surface area contributed by atoms with Gasteiger partial charge in [-0.05, 0) is 43.4 Å². The monoisotopic (exact) mass is 516 g/mol. The lowest BCUT2D eigenvalue weighted by atomic mass is 9.84. The van der Waals surface area contributed by atoms with Crippen molar-refractivity contribution < 1.29 is 9.53 Å². The summed E-state index contributed by atoms with van der Waals surface area (Å²) in [6.07, 6.45) is 2.68. The van der Waals surface area contributed by atoms with Crippen LogP contribution in [0.2, 0.25) is 0 Å². The predicted octanol–water partition coefficient (Wildman–Crippen LogP) is 3.40. The van der Waals surface area contributed by atoms with Crippen LogP contribution in [0.1, 0.15) is 45.6 Å². The Balaban J connectivity index is 0.00000420. The van der Waals surface area contributed by atoms with E-state index in [1.54, 1.807) is 14.2 Å². The number of hydrogen-bond acceptors (Lipinski definition) is 3. The quantitative estimate of drug-likeness (QED) is 0.331. The van der Waals surface area contributed by atoms with Crippen molar-refractivity contribution in [2.45, 2.75) is 45.4 Å². The summed E-state index contributed by atoms with van der Waals surface area (Å²) in [6, 6.07) is 8.22. The average molecular weight is 516 g/mol. The molecule has 0 saturated carbocycles. The first-order chi connectivity index (χ1) is 13.4. The molecule has 0 radical (unpaired) electrons. The highest BCUT2D eigenvalue weighted by Gasteiger charge is 2.25. The Bertz CT molecular complexity index is 671. The van der Waals surface area contributed by atoms with E-state index in [4.69, 9.17) is 9.73 Å². The molecule has 0 spiro atoms. The number of nitrogens with one attached hydrogen (secondary N) is 2. The molecule has 0 unspecified atom stereocenters. The molecule has 1 amide bonds. The second-order valence-corrected chi connectivity index (χ2v) is 8.09. The van der Waals surface area contributed by atoms with Gasteiger partial charge in [0, 0.05) is 38.5 Å². The van der Waals surface area contributed by atoms with E-state index in [9.17, 15) is 4.79 Å². The molecule has 1 heterocycles. The SMILES string of the molecule is CCNC(=NCC(C)(C)c1cccc(OC)c1)N1CCC(CC(=O)NC)CC1.I. The first-order valence-corrected chi connectivity index (χ1v) is 10.3. The third kappa shape index (κ3) is 7.68. The Hall–Kier alpha value is -1.51. The normalized spacial score (nSPS) is 15.5. The number of halogens is 1. The van der Waals surface area contributed by atoms with Gasteiger partial charge >= 0.3 is 0 Å². The second kappa shape index (κ2) is 12.2. The zero-order valence-corrected chi connectivity index (χ0v) is 20.8. The molecular formula is C22H37IN4O2. The van der Waals surface area contributed by atoms with Gasteiger partial charge in [0.1, 0.15) is 5.75 Å². The van der Waals surface area contributed by atoms with Gasteiger partial charge < -0.3 is 20.3 Å². The Morgan fingerprint density at radius 1 is 1.31 bits per heavy atom. The van der Waals surface area contributed by atoms with Crippen LogP contribution >= 0.6 is 24.0 Å². The van der Waals surface area contributed by atoms with Crippen molar-refractivity contribution in [3.63, 3.8) is 0 Å². The molecular weight excluding hydrogens is 479 g/mol. The number of carbonyl (C=O) groups excluding carboxylic acids is 1. The van der Waals surface area contributed by atoms with Crippen molar-refractivity contribution in [1.82, 2.24) is 15.5 Å². The van der Waals surface area contributed by atoms with Gasteiger partial charge in [-0.15, -0.1) is 24.0 Å². The molecule has 1 aliphatic rings. The number of ether oxygens (including phenoxy) is 1. The summed E-state index contributed by atoms with van der Waals surface area (Å²) in [6.45, 7) is 9.94. The number of guanidine groups is 1. The Labute approximate surface area is 192 Å². The summed E-state index contributed by atoms with van der Waals surface area (Å²) in [4.78, 5) is 18.9. The van der Waals surface area contributed by atoms with Crippen molar-refractivity contribution in [3.05, 3.63) is 29.8 Å². The van der Waals surface area contributed by atoms with E-state index in [0.717, 1.165) is 44.2 Å². The molecule has 1 aliphatic heterocycles. The summed E-state index contributed by atoms with van der Waals surface area (Å²) in [5.41, 5.74) is 1.13. The molecule has 0 aliphatic carbocycles. The number of carbonyl (C=O) groups is 1. The fourth-order valence-corrected chi connectivity index (χ4v) is 3.55. The Morgan fingerprint density at radius 3 is 2.59 bits per heavy atom. The van der Waals surface area contributed by atoms with Crippen LogP contribution in [-0.4, -0.2) is 57.1 Å². The minimum Gasteiger partial charge on any atom is -0.497 e. The maximum absolute atomic E-state index is 11.6. The van der Waals surface area contributed by atoms with Gasteiger partial charge in [0.05, 0.1) is 13.7 Å². The van der Waals surface area contributed by atoms with Crippen LogP contribution in [0.25, 0.3) is 0 Å². The van der Waals surface area contributed by atoms with Crippen LogP contribution in [0.5, 0.6) is 5.75 Å². The van der Waals surface area contributed by atoms with Crippen molar-refractivity contribution in [3.8, 4) is 5.75 Å². The van der Waals surface area contributed by atoms with E-state index < -0.39 is 0 Å². The third-order valence-electron chi connectivity index (χ3n) is 5.48. The number of piperidine rings is 1. The molecule has 0 bridgehead atoms. The summed E-state index contributed by atoms with van der Waals surface area (Å²) in [7, 11) is 3.40. The first-order valence-electron chi connectivity index (χ1n) is 10.3. The maximum Gasteiger partial charge on any atom is 0.220 e. The molecule has 2 rings (SSSR count). The number of aliphatic imine (C=N–C) groups is 1. The number of likely N-dealkylation sites (tertiary alicyclic amines) is 1. The molecule has 7 heteroatoms. The molecule has 1 aromatic carbocycles. The third-order valence-corrected chi connectivity index (χ3v) is 5.48. The van der Waals surface area contributed by atoms with Gasteiger partial charge in [-0.1, -0.05) is 26.0 Å². The highest BCUT2D eigenvalue weighted by Crippen LogP contribution is 2.27. The fourth-order valence-electron chi connectivity index (χ4n) is 3.55. The van der Waals surface area contributed by atoms with Gasteiger partial charge in [0.15, 0.2) is 5.96 Å². The molecule has 1 aromatic rings. The highest BCUT2D eigenvalue weighted by atomic mass is 127. The molecule has 164 valence electrons. The van der Waals surface area contributed by atoms with Crippen LogP contribution in [0, 0.1) is 5.92 Å². The van der Waals surface area contributed by atoms with E-state index in [1.807, 2.05) is 12.1 Å². The van der Waals surface area contributed by atoms with Crippen LogP contribution in [0.15, 0.2) is 29.3 Å². The van der Waals surface area contributed by atoms with Crippen molar-refractivity contribution in [2.75, 3.05) is 40.3 Å². The molecule has 2 N–H and O–H groups in total. The maximum atomic E-state index is 11.6. The number of amides is 1. The molecule has 6 nitrogen and oxygen atoms in total. The first kappa shape index (κ1) is 25.5. The van der Waals surface area contributed by atoms with Crippen LogP contribution < -0.4 is 15.4 Å². The lowest BCUT2D eigenvalue weighted by molar-refractivity contribution is -0.121. The zero-order valence-electron chi connectivity index (χ0n) is 18.5. The predicted molar refractivity (Wildman–Crippen MR) is 130 cm³/mol. The minimum absolute atomic E-state index is 0. The minimum atomic E-state index is -0.0905. The number of nitrogens with zero attached hydrogens (tertiary/aromatic N) is 2. The van der Waals surface area contributed by atoms with Gasteiger partial charge in [-0.3, -0.25) is 9.79 Å². The van der Waals surface area contributed by atoms with Crippen molar-refractivity contribution >= 4 is 35.8 Å². The standard InChI is InChI=1S/C22H36N4O2.HI/c1-6-24-21(26-12-10-17(11-13-26)14-20(27)23-4)25-16-22(2,3)18-8-7-9-19(15-18)28-5;/h7-9,15,17H,6,10-14,16H2,1-5H3,(H,23,27)(H,24,25);1H. The fraction of sp³-hybridized carbons (Fsp3) is 0.636. The molecule has 29 heavy (non-hydrogen) atoms. The van der Waals surface area contributed by atoms with Gasteiger partial charge in [0.2, 0.25) is 5.91 Å². The summed E-state index contributed by atoms with van der Waals surface area (Å²) < 4.78 is 5.37. The molecule has 1 saturated heterocycles. The topological polar surface area (TPSA) is 66.0 Å². The number of rotatable bonds is 7. The zero-order chi connectivity index (χ0) is 20.6. The number of benzene rings is 1. The highest BCUT2D eigenvalue weighted by molar-refractivity contribution is 14.0. The van der Waals surface area contributed by atoms with Gasteiger partial charge in [-0.25, -0.2) is 0 Å². The smallest absolute Gasteiger partial charge is 0.220 e. The van der Waals surface area contributed by atoms with Gasteiger partial charge in [-0.2, -0.15) is 0 Å². The number of methoxy groups -OCH3 is 1. The number of hydrogen-bond donors (Lipinski definition) is 2.